The summed E-state index contributed by atoms with van der Waals surface area (Å²) in [6.45, 7) is 1.74. The van der Waals surface area contributed by atoms with Gasteiger partial charge < -0.3 is 4.74 Å². The Kier molecular flexibility index (Phi) is 3.31. The summed E-state index contributed by atoms with van der Waals surface area (Å²) in [6.07, 6.45) is 1.34. The number of hydrogen-bond donors (Lipinski definition) is 0. The Bertz CT molecular complexity index is 787. The molecule has 0 unspecified atom stereocenters. The maximum atomic E-state index is 13.4. The number of benzene rings is 1. The highest BCUT2D eigenvalue weighted by Crippen LogP contribution is 2.30. The van der Waals surface area contributed by atoms with Gasteiger partial charge in [-0.2, -0.15) is 19.6 Å². The molecular weight excluding hydrogens is 351 g/mol. The maximum absolute atomic E-state index is 13.4. The predicted octanol–water partition coefficient (Wildman–Crippen LogP) is 3.78. The number of ether oxygens (including phenoxy) is 1. The smallest absolute Gasteiger partial charge is 0.256 e. The van der Waals surface area contributed by atoms with Crippen molar-refractivity contribution in [3.8, 4) is 11.6 Å². The molecule has 0 radical (unpaired) electrons. The van der Waals surface area contributed by atoms with E-state index in [1.54, 1.807) is 13.0 Å². The van der Waals surface area contributed by atoms with Gasteiger partial charge >= 0.3 is 0 Å². The first kappa shape index (κ1) is 13.3. The Morgan fingerprint density at radius 1 is 1.35 bits per heavy atom. The number of aromatic nitrogens is 4. The fourth-order valence-electron chi connectivity index (χ4n) is 1.69. The maximum Gasteiger partial charge on any atom is 0.256 e. The molecule has 0 atom stereocenters. The first-order valence-electron chi connectivity index (χ1n) is 5.54. The number of fused-ring (bicyclic) bond motifs is 1. The predicted molar refractivity (Wildman–Crippen MR) is 74.7 cm³/mol. The van der Waals surface area contributed by atoms with Gasteiger partial charge in [0.1, 0.15) is 23.0 Å². The van der Waals surface area contributed by atoms with Gasteiger partial charge in [-0.1, -0.05) is 27.5 Å². The molecule has 3 aromatic rings. The van der Waals surface area contributed by atoms with Gasteiger partial charge in [0, 0.05) is 16.1 Å². The van der Waals surface area contributed by atoms with E-state index in [1.165, 1.54) is 23.0 Å². The number of rotatable bonds is 2. The van der Waals surface area contributed by atoms with Gasteiger partial charge in [-0.15, -0.1) is 0 Å². The van der Waals surface area contributed by atoms with Crippen LogP contribution in [0.4, 0.5) is 4.39 Å². The second-order valence-corrected chi connectivity index (χ2v) is 5.29. The minimum atomic E-state index is -0.415. The fourth-order valence-corrected chi connectivity index (χ4v) is 2.29. The van der Waals surface area contributed by atoms with Crippen LogP contribution in [-0.2, 0) is 0 Å². The van der Waals surface area contributed by atoms with Gasteiger partial charge in [0.25, 0.3) is 5.78 Å². The van der Waals surface area contributed by atoms with Crippen molar-refractivity contribution in [3.05, 3.63) is 45.5 Å². The molecule has 0 saturated carbocycles. The molecule has 0 aliphatic rings. The zero-order valence-electron chi connectivity index (χ0n) is 10.1. The molecule has 0 N–H and O–H groups in total. The lowest BCUT2D eigenvalue weighted by Gasteiger charge is -2.11. The quantitative estimate of drug-likeness (QED) is 0.655. The third-order valence-electron chi connectivity index (χ3n) is 2.60. The second-order valence-electron chi connectivity index (χ2n) is 4.01. The molecule has 0 fully saturated rings. The molecule has 0 spiro atoms. The molecule has 0 amide bonds. The summed E-state index contributed by atoms with van der Waals surface area (Å²) in [6, 6.07) is 4.24. The van der Waals surface area contributed by atoms with E-state index in [1.807, 2.05) is 0 Å². The minimum Gasteiger partial charge on any atom is -0.438 e. The van der Waals surface area contributed by atoms with Crippen molar-refractivity contribution in [2.45, 2.75) is 6.92 Å². The number of halogens is 3. The van der Waals surface area contributed by atoms with E-state index in [-0.39, 0.29) is 5.15 Å². The summed E-state index contributed by atoms with van der Waals surface area (Å²) in [5.41, 5.74) is 0.588. The van der Waals surface area contributed by atoms with Gasteiger partial charge in [0.05, 0.1) is 0 Å². The number of hydrogen-bond acceptors (Lipinski definition) is 4. The molecule has 1 aromatic carbocycles. The normalized spacial score (nSPS) is 11.0. The summed E-state index contributed by atoms with van der Waals surface area (Å²) in [5.74, 6) is 0.558. The van der Waals surface area contributed by atoms with Crippen LogP contribution in [0.2, 0.25) is 5.15 Å². The number of nitrogens with zero attached hydrogens (tertiary/aromatic N) is 4. The Morgan fingerprint density at radius 3 is 2.90 bits per heavy atom. The van der Waals surface area contributed by atoms with Crippen LogP contribution in [0.3, 0.4) is 0 Å². The highest BCUT2D eigenvalue weighted by Gasteiger charge is 2.15. The Hall–Kier alpha value is -1.73. The monoisotopic (exact) mass is 356 g/mol. The molecule has 2 aromatic heterocycles. The Morgan fingerprint density at radius 2 is 2.15 bits per heavy atom. The van der Waals surface area contributed by atoms with Gasteiger partial charge in [-0.25, -0.2) is 4.39 Å². The van der Waals surface area contributed by atoms with Crippen LogP contribution >= 0.6 is 27.5 Å². The first-order valence-corrected chi connectivity index (χ1v) is 6.71. The summed E-state index contributed by atoms with van der Waals surface area (Å²) < 4.78 is 21.0. The minimum absolute atomic E-state index is 0.260. The molecule has 0 aliphatic carbocycles. The Balaban J connectivity index is 2.14. The van der Waals surface area contributed by atoms with E-state index in [0.29, 0.717) is 27.4 Å². The molecule has 2 heterocycles. The third kappa shape index (κ3) is 2.34. The van der Waals surface area contributed by atoms with Crippen LogP contribution in [0.5, 0.6) is 11.6 Å². The van der Waals surface area contributed by atoms with Crippen molar-refractivity contribution in [2.75, 3.05) is 0 Å². The first-order chi connectivity index (χ1) is 9.54. The lowest BCUT2D eigenvalue weighted by atomic mass is 10.3. The van der Waals surface area contributed by atoms with Crippen LogP contribution < -0.4 is 4.74 Å². The molecule has 0 saturated heterocycles. The van der Waals surface area contributed by atoms with E-state index >= 15 is 0 Å². The molecule has 0 aliphatic heterocycles. The molecule has 20 heavy (non-hydrogen) atoms. The van der Waals surface area contributed by atoms with Crippen molar-refractivity contribution in [2.24, 2.45) is 0 Å². The lowest BCUT2D eigenvalue weighted by molar-refractivity contribution is 0.437. The molecular formula is C12H7BrClFN4O. The summed E-state index contributed by atoms with van der Waals surface area (Å²) in [5, 5.41) is 4.28. The Labute approximate surface area is 126 Å². The third-order valence-corrected chi connectivity index (χ3v) is 3.43. The van der Waals surface area contributed by atoms with Crippen LogP contribution in [-0.4, -0.2) is 19.6 Å². The molecule has 8 heteroatoms. The topological polar surface area (TPSA) is 52.3 Å². The van der Waals surface area contributed by atoms with Crippen LogP contribution in [0.25, 0.3) is 5.78 Å². The summed E-state index contributed by atoms with van der Waals surface area (Å²) in [4.78, 5) is 8.02. The largest absolute Gasteiger partial charge is 0.438 e. The van der Waals surface area contributed by atoms with Gasteiger partial charge in [0.15, 0.2) is 0 Å². The summed E-state index contributed by atoms with van der Waals surface area (Å²) >= 11 is 9.23. The van der Waals surface area contributed by atoms with Gasteiger partial charge in [0.2, 0.25) is 5.88 Å². The molecule has 5 nitrogen and oxygen atoms in total. The zero-order chi connectivity index (χ0) is 14.3. The van der Waals surface area contributed by atoms with Gasteiger partial charge in [-0.05, 0) is 19.1 Å². The van der Waals surface area contributed by atoms with Crippen molar-refractivity contribution in [3.63, 3.8) is 0 Å². The van der Waals surface area contributed by atoms with Crippen LogP contribution in [0.1, 0.15) is 5.56 Å². The highest BCUT2D eigenvalue weighted by atomic mass is 79.9. The molecule has 102 valence electrons. The molecule has 3 rings (SSSR count). The average Bonchev–Trinajstić information content (AvgIpc) is 2.81. The summed E-state index contributed by atoms with van der Waals surface area (Å²) in [7, 11) is 0. The SMILES string of the molecule is Cc1c(Cl)nc2ncnn2c1Oc1cc(F)cc(Br)c1. The van der Waals surface area contributed by atoms with E-state index < -0.39 is 5.82 Å². The average molecular weight is 358 g/mol. The van der Waals surface area contributed by atoms with Gasteiger partial charge in [-0.3, -0.25) is 0 Å². The highest BCUT2D eigenvalue weighted by molar-refractivity contribution is 9.10. The van der Waals surface area contributed by atoms with E-state index in [0.717, 1.165) is 0 Å². The van der Waals surface area contributed by atoms with Crippen molar-refractivity contribution < 1.29 is 9.13 Å². The second kappa shape index (κ2) is 4.99. The fraction of sp³-hybridized carbons (Fsp3) is 0.0833. The molecule has 0 bridgehead atoms. The van der Waals surface area contributed by atoms with Crippen LogP contribution in [0, 0.1) is 12.7 Å². The van der Waals surface area contributed by atoms with E-state index in [9.17, 15) is 4.39 Å². The van der Waals surface area contributed by atoms with E-state index in [4.69, 9.17) is 16.3 Å². The van der Waals surface area contributed by atoms with Crippen molar-refractivity contribution in [1.29, 1.82) is 0 Å². The lowest BCUT2D eigenvalue weighted by Crippen LogP contribution is -2.01. The van der Waals surface area contributed by atoms with Crippen molar-refractivity contribution in [1.82, 2.24) is 19.6 Å². The van der Waals surface area contributed by atoms with Crippen LogP contribution in [0.15, 0.2) is 29.0 Å². The zero-order valence-corrected chi connectivity index (χ0v) is 12.5. The standard InChI is InChI=1S/C12H7BrClFN4O/c1-6-10(14)18-12-16-5-17-19(12)11(6)20-9-3-7(13)2-8(15)4-9/h2-5H,1H3. The van der Waals surface area contributed by atoms with E-state index in [2.05, 4.69) is 31.0 Å². The van der Waals surface area contributed by atoms with Crippen molar-refractivity contribution >= 4 is 33.3 Å².